The van der Waals surface area contributed by atoms with Crippen molar-refractivity contribution in [1.82, 2.24) is 0 Å². The van der Waals surface area contributed by atoms with E-state index in [0.29, 0.717) is 5.56 Å². The van der Waals surface area contributed by atoms with Gasteiger partial charge in [-0.05, 0) is 103 Å². The van der Waals surface area contributed by atoms with Crippen molar-refractivity contribution in [3.8, 4) is 33.4 Å². The van der Waals surface area contributed by atoms with Crippen molar-refractivity contribution in [1.29, 1.82) is 0 Å². The van der Waals surface area contributed by atoms with Gasteiger partial charge in [0.05, 0.1) is 6.85 Å². The molecule has 10 aromatic rings. The smallest absolute Gasteiger partial charge is 0.0625 e. The third-order valence-corrected chi connectivity index (χ3v) is 12.2. The lowest BCUT2D eigenvalue weighted by Gasteiger charge is -2.15. The van der Waals surface area contributed by atoms with Gasteiger partial charge in [0, 0.05) is 44.8 Å². The Bertz CT molecular complexity index is 4050. The molecule has 2 aliphatic carbocycles. The van der Waals surface area contributed by atoms with Gasteiger partial charge in [-0.15, -0.1) is 11.3 Å². The summed E-state index contributed by atoms with van der Waals surface area (Å²) in [6.45, 7) is 12.3. The molecule has 0 saturated heterocycles. The highest BCUT2D eigenvalue weighted by atomic mass is 32.1. The molecule has 374 valence electrons. The highest BCUT2D eigenvalue weighted by molar-refractivity contribution is 7.25. The Kier molecular flexibility index (Phi) is 13.4. The molecule has 0 amide bonds. The number of fused-ring (bicyclic) bond motifs is 3. The normalized spacial score (nSPS) is 23.6. The Balaban J connectivity index is 0.000000177. The molecule has 0 unspecified atom stereocenters. The van der Waals surface area contributed by atoms with Crippen molar-refractivity contribution in [3.63, 3.8) is 0 Å². The highest BCUT2D eigenvalue weighted by Crippen LogP contribution is 2.35. The maximum absolute atomic E-state index is 7.57. The summed E-state index contributed by atoms with van der Waals surface area (Å²) in [5, 5.41) is 2.82. The SMILES string of the molecule is Cc1ccc(-c2ccccc2)cc1.Cc1cccc(-c2ccccc2)c1.Cc1cccc2sc3ccccc3c12.Cc1ccccc1-c1ccccc1.[2H]C1([2H])C(C)C([2H])([2H])C([2H])([2H])C([2H])([2H])C1([2H])[2H].[2H]C1([2H])C(C)C([2H])([2H])C([2H])([2H])C1([2H])[2H].[2H]c1c([2H])c([2H])c(C)c([2H])c1[2H]. The van der Waals surface area contributed by atoms with Crippen LogP contribution in [0.15, 0.2) is 236 Å². The van der Waals surface area contributed by atoms with Crippen LogP contribution in [0.2, 0.25) is 0 Å². The van der Waals surface area contributed by atoms with Crippen LogP contribution in [0.1, 0.15) is 131 Å². The predicted octanol–water partition coefficient (Wildman–Crippen LogP) is 22.1. The van der Waals surface area contributed by atoms with Crippen LogP contribution in [0, 0.1) is 46.5 Å². The van der Waals surface area contributed by atoms with Crippen LogP contribution in [0.25, 0.3) is 53.6 Å². The van der Waals surface area contributed by atoms with Crippen molar-refractivity contribution >= 4 is 31.5 Å². The molecule has 1 heteroatoms. The van der Waals surface area contributed by atoms with Gasteiger partial charge < -0.3 is 0 Å². The molecule has 2 saturated carbocycles. The Morgan fingerprint density at radius 3 is 1.40 bits per heavy atom. The Hall–Kier alpha value is -6.80. The van der Waals surface area contributed by atoms with E-state index in [1.54, 1.807) is 0 Å². The van der Waals surface area contributed by atoms with Crippen LogP contribution in [0.4, 0.5) is 0 Å². The molecule has 9 aromatic carbocycles. The molecule has 0 bridgehead atoms. The van der Waals surface area contributed by atoms with E-state index in [9.17, 15) is 0 Å². The van der Waals surface area contributed by atoms with Gasteiger partial charge in [0.1, 0.15) is 0 Å². The van der Waals surface area contributed by atoms with Crippen molar-refractivity contribution in [3.05, 3.63) is 264 Å². The lowest BCUT2D eigenvalue weighted by atomic mass is 9.91. The highest BCUT2D eigenvalue weighted by Gasteiger charge is 2.08. The van der Waals surface area contributed by atoms with Crippen molar-refractivity contribution in [2.24, 2.45) is 11.8 Å². The quantitative estimate of drug-likeness (QED) is 0.165. The van der Waals surface area contributed by atoms with E-state index < -0.39 is 69.2 Å². The second kappa shape index (κ2) is 30.9. The maximum atomic E-state index is 7.57. The average molecular weight is 1000 g/mol. The molecule has 0 radical (unpaired) electrons. The summed E-state index contributed by atoms with van der Waals surface area (Å²) in [6, 6.07) is 71.0. The third-order valence-electron chi connectivity index (χ3n) is 11.1. The maximum Gasteiger partial charge on any atom is 0.0625 e. The fraction of sp³-hybridized carbons (Fsp3) is 0.250. The van der Waals surface area contributed by atoms with E-state index in [-0.39, 0.29) is 30.2 Å². The molecule has 0 N–H and O–H groups in total. The third kappa shape index (κ3) is 19.3. The number of thiophene rings is 1. The van der Waals surface area contributed by atoms with Crippen LogP contribution in [-0.4, -0.2) is 0 Å². The zero-order valence-electron chi connectivity index (χ0n) is 65.7. The first-order valence-corrected chi connectivity index (χ1v) is 25.1. The summed E-state index contributed by atoms with van der Waals surface area (Å²) in [6.07, 6.45) is -25.7. The summed E-state index contributed by atoms with van der Waals surface area (Å²) in [7, 11) is 0. The zero-order valence-corrected chi connectivity index (χ0v) is 43.5. The van der Waals surface area contributed by atoms with Gasteiger partial charge >= 0.3 is 0 Å². The predicted molar refractivity (Wildman–Crippen MR) is 325 cm³/mol. The molecule has 73 heavy (non-hydrogen) atoms. The molecule has 2 fully saturated rings. The van der Waals surface area contributed by atoms with Gasteiger partial charge in [0.2, 0.25) is 0 Å². The summed E-state index contributed by atoms with van der Waals surface area (Å²) >= 11 is 1.88. The molecule has 12 rings (SSSR count). The van der Waals surface area contributed by atoms with Gasteiger partial charge in [0.25, 0.3) is 0 Å². The first-order chi connectivity index (χ1) is 44.5. The number of hydrogen-bond donors (Lipinski definition) is 0. The van der Waals surface area contributed by atoms with Crippen LogP contribution in [0.5, 0.6) is 0 Å². The van der Waals surface area contributed by atoms with Crippen LogP contribution in [-0.2, 0) is 0 Å². The Labute approximate surface area is 477 Å². The number of aryl methyl sites for hydroxylation is 4. The van der Waals surface area contributed by atoms with Crippen LogP contribution < -0.4 is 0 Å². The second-order valence-electron chi connectivity index (χ2n) is 17.1. The van der Waals surface area contributed by atoms with E-state index in [1.165, 1.54) is 89.7 Å². The van der Waals surface area contributed by atoms with E-state index >= 15 is 0 Å². The second-order valence-corrected chi connectivity index (χ2v) is 18.2. The van der Waals surface area contributed by atoms with Gasteiger partial charge in [-0.1, -0.05) is 312 Å². The molecule has 0 aliphatic heterocycles. The van der Waals surface area contributed by atoms with Crippen molar-refractivity contribution < 1.29 is 31.5 Å². The molecule has 0 nitrogen and oxygen atoms in total. The van der Waals surface area contributed by atoms with E-state index in [1.807, 2.05) is 29.5 Å². The fourth-order valence-electron chi connectivity index (χ4n) is 7.29. The summed E-state index contributed by atoms with van der Waals surface area (Å²) in [5.41, 5.74) is 13.4. The zero-order chi connectivity index (χ0) is 72.0. The van der Waals surface area contributed by atoms with Gasteiger partial charge in [-0.25, -0.2) is 0 Å². The first-order valence-electron chi connectivity index (χ1n) is 35.7. The molecule has 1 heterocycles. The Morgan fingerprint density at radius 1 is 0.370 bits per heavy atom. The Morgan fingerprint density at radius 2 is 0.822 bits per heavy atom. The number of hydrogen-bond acceptors (Lipinski definition) is 1. The van der Waals surface area contributed by atoms with E-state index in [4.69, 9.17) is 31.5 Å². The summed E-state index contributed by atoms with van der Waals surface area (Å²) < 4.78 is 173. The van der Waals surface area contributed by atoms with Gasteiger partial charge in [-0.2, -0.15) is 0 Å². The van der Waals surface area contributed by atoms with Crippen LogP contribution in [0.3, 0.4) is 0 Å². The monoisotopic (exact) mass is 1000 g/mol. The first kappa shape index (κ1) is 31.7. The lowest BCUT2D eigenvalue weighted by Crippen LogP contribution is -1.99. The standard InChI is InChI=1S/C13H10S.3C13H12.C7H14.C7H8.C6H12/c1-9-5-4-8-12-13(9)10-6-2-3-7-11(10)14-12;1-11-7-5-6-10-13(11)12-8-3-2-4-9-12;1-11-6-5-9-13(10-11)12-7-3-2-4-8-12;1-11-7-9-13(10-8-11)12-5-3-2-4-6-12;2*1-7-5-3-2-4-6-7;1-6-4-2-3-5-6/h2-8H,1H3;3*2-10H,1H3;7H,2-6H2,1H3;2-6H,1H3;6H,2-5H2,1H3/i;;;;2D2,3D2,4D2,5D2,6D2;2D,3D,4D,5D,6D;2D2,3D2,4D2,5D2. The number of benzene rings is 9. The van der Waals surface area contributed by atoms with Gasteiger partial charge in [0.15, 0.2) is 0 Å². The van der Waals surface area contributed by atoms with E-state index in [2.05, 4.69) is 216 Å². The molecular weight excluding hydrogens is 897 g/mol. The van der Waals surface area contributed by atoms with Crippen molar-refractivity contribution in [2.45, 2.75) is 106 Å². The van der Waals surface area contributed by atoms with Crippen LogP contribution >= 0.6 is 11.3 Å². The molecule has 0 atom stereocenters. The minimum Gasteiger partial charge on any atom is -0.135 e. The molecular formula is C72H80S. The molecule has 2 aliphatic rings. The average Bonchev–Trinajstić information content (AvgIpc) is 0.706. The topological polar surface area (TPSA) is 0 Å². The summed E-state index contributed by atoms with van der Waals surface area (Å²) in [5.74, 6) is -2.93. The minimum atomic E-state index is -3.26. The lowest BCUT2D eigenvalue weighted by molar-refractivity contribution is 0.385. The fourth-order valence-corrected chi connectivity index (χ4v) is 8.47. The largest absolute Gasteiger partial charge is 0.135 e. The minimum absolute atomic E-state index is 0.124. The summed E-state index contributed by atoms with van der Waals surface area (Å²) in [4.78, 5) is 0. The van der Waals surface area contributed by atoms with E-state index in [0.717, 1.165) is 6.92 Å². The number of rotatable bonds is 3. The molecule has 1 aromatic heterocycles. The van der Waals surface area contributed by atoms with Crippen molar-refractivity contribution in [2.75, 3.05) is 0 Å². The van der Waals surface area contributed by atoms with Gasteiger partial charge in [-0.3, -0.25) is 0 Å². The molecule has 0 spiro atoms.